The van der Waals surface area contributed by atoms with Crippen LogP contribution in [0.1, 0.15) is 6.92 Å². The van der Waals surface area contributed by atoms with E-state index in [4.69, 9.17) is 9.79 Å². The Morgan fingerprint density at radius 2 is 1.16 bits per heavy atom. The highest BCUT2D eigenvalue weighted by Gasteiger charge is 2.83. The minimum absolute atomic E-state index is 0.263. The summed E-state index contributed by atoms with van der Waals surface area (Å²) in [5, 5.41) is 0. The van der Waals surface area contributed by atoms with Gasteiger partial charge in [0.15, 0.2) is 0 Å². The molecule has 0 aromatic rings. The standard InChI is InChI=1S/C6H6F9O3P/c1-2(19(16,17)18)3(7,8)4(9,10)5(11,12)6(13,14)15/h2H,1H3,(H2,16,17,18). The third-order valence-corrected chi connectivity index (χ3v) is 3.53. The fourth-order valence-electron chi connectivity index (χ4n) is 0.861. The molecule has 0 aromatic heterocycles. The summed E-state index contributed by atoms with van der Waals surface area (Å²) in [5.41, 5.74) is -3.73. The second kappa shape index (κ2) is 4.52. The summed E-state index contributed by atoms with van der Waals surface area (Å²) in [6, 6.07) is 0. The largest absolute Gasteiger partial charge is 0.460 e. The zero-order valence-corrected chi connectivity index (χ0v) is 9.62. The minimum Gasteiger partial charge on any atom is -0.324 e. The summed E-state index contributed by atoms with van der Waals surface area (Å²) in [5.74, 6) is -20.5. The number of hydrogen-bond donors (Lipinski definition) is 2. The maximum absolute atomic E-state index is 12.9. The van der Waals surface area contributed by atoms with E-state index in [1.165, 1.54) is 0 Å². The number of hydrogen-bond acceptors (Lipinski definition) is 1. The molecule has 0 fully saturated rings. The summed E-state index contributed by atoms with van der Waals surface area (Å²) in [7, 11) is -6.03. The summed E-state index contributed by atoms with van der Waals surface area (Å²) in [6.07, 6.45) is -7.02. The molecule has 116 valence electrons. The summed E-state index contributed by atoms with van der Waals surface area (Å²) in [6.45, 7) is -0.263. The van der Waals surface area contributed by atoms with Crippen LogP contribution in [0.5, 0.6) is 0 Å². The number of halogens is 9. The van der Waals surface area contributed by atoms with Crippen LogP contribution in [-0.4, -0.2) is 39.4 Å². The smallest absolute Gasteiger partial charge is 0.324 e. The Labute approximate surface area is 99.1 Å². The van der Waals surface area contributed by atoms with Gasteiger partial charge in [0.25, 0.3) is 0 Å². The first-order valence-electron chi connectivity index (χ1n) is 4.16. The average Bonchev–Trinajstić information content (AvgIpc) is 2.12. The minimum atomic E-state index is -7.16. The van der Waals surface area contributed by atoms with E-state index in [0.29, 0.717) is 0 Å². The molecule has 2 N–H and O–H groups in total. The first kappa shape index (κ1) is 18.5. The van der Waals surface area contributed by atoms with E-state index in [9.17, 15) is 44.1 Å². The second-order valence-electron chi connectivity index (χ2n) is 3.53. The van der Waals surface area contributed by atoms with E-state index >= 15 is 0 Å². The third-order valence-electron chi connectivity index (χ3n) is 2.20. The van der Waals surface area contributed by atoms with Gasteiger partial charge in [0.05, 0.1) is 0 Å². The van der Waals surface area contributed by atoms with Crippen LogP contribution in [0.25, 0.3) is 0 Å². The van der Waals surface area contributed by atoms with Crippen molar-refractivity contribution < 1.29 is 53.9 Å². The van der Waals surface area contributed by atoms with Crippen molar-refractivity contribution in [2.75, 3.05) is 0 Å². The van der Waals surface area contributed by atoms with Crippen molar-refractivity contribution in [2.24, 2.45) is 0 Å². The van der Waals surface area contributed by atoms with Gasteiger partial charge in [0.2, 0.25) is 0 Å². The second-order valence-corrected chi connectivity index (χ2v) is 5.49. The van der Waals surface area contributed by atoms with Gasteiger partial charge in [-0.3, -0.25) is 4.57 Å². The van der Waals surface area contributed by atoms with E-state index in [2.05, 4.69) is 0 Å². The molecule has 0 amide bonds. The Bertz CT molecular complexity index is 384. The van der Waals surface area contributed by atoms with Crippen molar-refractivity contribution in [3.05, 3.63) is 0 Å². The molecule has 13 heteroatoms. The van der Waals surface area contributed by atoms with Gasteiger partial charge < -0.3 is 9.79 Å². The maximum Gasteiger partial charge on any atom is 0.460 e. The van der Waals surface area contributed by atoms with Crippen LogP contribution >= 0.6 is 7.60 Å². The molecule has 1 atom stereocenters. The van der Waals surface area contributed by atoms with Crippen LogP contribution in [-0.2, 0) is 4.57 Å². The van der Waals surface area contributed by atoms with Crippen molar-refractivity contribution in [2.45, 2.75) is 36.5 Å². The van der Waals surface area contributed by atoms with Gasteiger partial charge in [-0.25, -0.2) is 0 Å². The van der Waals surface area contributed by atoms with Crippen molar-refractivity contribution in [1.29, 1.82) is 0 Å². The van der Waals surface area contributed by atoms with Crippen LogP contribution in [0.4, 0.5) is 39.5 Å². The normalized spacial score (nSPS) is 17.5. The fourth-order valence-corrected chi connectivity index (χ4v) is 1.45. The predicted octanol–water partition coefficient (Wildman–Crippen LogP) is 3.02. The average molecular weight is 328 g/mol. The quantitative estimate of drug-likeness (QED) is 0.616. The summed E-state index contributed by atoms with van der Waals surface area (Å²) < 4.78 is 121. The molecular weight excluding hydrogens is 322 g/mol. The molecule has 0 aliphatic rings. The zero-order valence-electron chi connectivity index (χ0n) is 8.73. The van der Waals surface area contributed by atoms with Gasteiger partial charge in [-0.05, 0) is 6.92 Å². The lowest BCUT2D eigenvalue weighted by atomic mass is 10.0. The molecule has 3 nitrogen and oxygen atoms in total. The number of rotatable bonds is 4. The SMILES string of the molecule is CC(C(F)(F)C(F)(F)C(F)(F)C(F)(F)F)P(=O)(O)O. The van der Waals surface area contributed by atoms with E-state index in [1.54, 1.807) is 0 Å². The highest BCUT2D eigenvalue weighted by molar-refractivity contribution is 7.52. The van der Waals surface area contributed by atoms with Gasteiger partial charge in [0.1, 0.15) is 5.66 Å². The molecule has 0 saturated carbocycles. The zero-order chi connectivity index (χ0) is 16.1. The van der Waals surface area contributed by atoms with Crippen molar-refractivity contribution in [1.82, 2.24) is 0 Å². The monoisotopic (exact) mass is 328 g/mol. The predicted molar refractivity (Wildman–Crippen MR) is 42.4 cm³/mol. The Kier molecular flexibility index (Phi) is 4.41. The Balaban J connectivity index is 5.85. The van der Waals surface area contributed by atoms with E-state index in [0.717, 1.165) is 0 Å². The lowest BCUT2D eigenvalue weighted by Crippen LogP contribution is -2.63. The Hall–Kier alpha value is -0.480. The molecule has 0 bridgehead atoms. The first-order valence-corrected chi connectivity index (χ1v) is 5.84. The fraction of sp³-hybridized carbons (Fsp3) is 1.00. The molecule has 1 unspecified atom stereocenters. The molecule has 0 radical (unpaired) electrons. The van der Waals surface area contributed by atoms with Gasteiger partial charge in [-0.1, -0.05) is 0 Å². The van der Waals surface area contributed by atoms with Crippen molar-refractivity contribution in [3.63, 3.8) is 0 Å². The lowest BCUT2D eigenvalue weighted by Gasteiger charge is -2.36. The molecule has 0 aliphatic carbocycles. The van der Waals surface area contributed by atoms with Gasteiger partial charge >= 0.3 is 31.5 Å². The molecule has 0 spiro atoms. The van der Waals surface area contributed by atoms with Crippen LogP contribution in [0.2, 0.25) is 0 Å². The molecule has 0 heterocycles. The van der Waals surface area contributed by atoms with Gasteiger partial charge in [-0.2, -0.15) is 39.5 Å². The van der Waals surface area contributed by atoms with E-state index in [-0.39, 0.29) is 6.92 Å². The van der Waals surface area contributed by atoms with Crippen LogP contribution < -0.4 is 0 Å². The van der Waals surface area contributed by atoms with Gasteiger partial charge in [0, 0.05) is 0 Å². The molecule has 0 aromatic carbocycles. The van der Waals surface area contributed by atoms with Crippen LogP contribution in [0.15, 0.2) is 0 Å². The Morgan fingerprint density at radius 1 is 0.842 bits per heavy atom. The van der Waals surface area contributed by atoms with E-state index < -0.39 is 37.2 Å². The molecule has 19 heavy (non-hydrogen) atoms. The summed E-state index contributed by atoms with van der Waals surface area (Å²) in [4.78, 5) is 16.5. The van der Waals surface area contributed by atoms with Crippen LogP contribution in [0.3, 0.4) is 0 Å². The highest BCUT2D eigenvalue weighted by atomic mass is 31.2. The van der Waals surface area contributed by atoms with Crippen molar-refractivity contribution in [3.8, 4) is 0 Å². The third kappa shape index (κ3) is 2.84. The first-order chi connectivity index (χ1) is 7.90. The summed E-state index contributed by atoms with van der Waals surface area (Å²) >= 11 is 0. The highest BCUT2D eigenvalue weighted by Crippen LogP contribution is 2.59. The molecular formula is C6H6F9O3P. The molecule has 0 saturated heterocycles. The topological polar surface area (TPSA) is 57.5 Å². The lowest BCUT2D eigenvalue weighted by molar-refractivity contribution is -0.395. The molecule has 0 aliphatic heterocycles. The van der Waals surface area contributed by atoms with Gasteiger partial charge in [-0.15, -0.1) is 0 Å². The number of alkyl halides is 9. The Morgan fingerprint density at radius 3 is 1.37 bits per heavy atom. The molecule has 0 rings (SSSR count). The maximum atomic E-state index is 12.9. The van der Waals surface area contributed by atoms with Crippen LogP contribution in [0, 0.1) is 0 Å². The van der Waals surface area contributed by atoms with E-state index in [1.807, 2.05) is 0 Å². The van der Waals surface area contributed by atoms with Crippen molar-refractivity contribution >= 4 is 7.60 Å².